The molecule has 0 spiro atoms. The molecule has 8 nitrogen and oxygen atoms in total. The van der Waals surface area contributed by atoms with E-state index in [2.05, 4.69) is 15.2 Å². The van der Waals surface area contributed by atoms with Gasteiger partial charge >= 0.3 is 0 Å². The number of aromatic nitrogens is 1. The van der Waals surface area contributed by atoms with E-state index in [0.717, 1.165) is 32.0 Å². The zero-order chi connectivity index (χ0) is 18.6. The van der Waals surface area contributed by atoms with Gasteiger partial charge in [0.25, 0.3) is 5.91 Å². The van der Waals surface area contributed by atoms with Crippen LogP contribution in [0.15, 0.2) is 42.6 Å². The van der Waals surface area contributed by atoms with Gasteiger partial charge in [-0.1, -0.05) is 0 Å². The van der Waals surface area contributed by atoms with E-state index in [-0.39, 0.29) is 25.0 Å². The molecule has 3 heterocycles. The summed E-state index contributed by atoms with van der Waals surface area (Å²) in [6, 6.07) is 11.1. The van der Waals surface area contributed by atoms with Crippen LogP contribution in [0.25, 0.3) is 0 Å². The number of hydrogen-bond acceptors (Lipinski definition) is 6. The normalized spacial score (nSPS) is 16.5. The van der Waals surface area contributed by atoms with E-state index >= 15 is 0 Å². The van der Waals surface area contributed by atoms with Crippen LogP contribution in [-0.2, 0) is 14.3 Å². The van der Waals surface area contributed by atoms with Crippen molar-refractivity contribution in [2.45, 2.75) is 0 Å². The molecule has 140 valence electrons. The van der Waals surface area contributed by atoms with Gasteiger partial charge in [0.1, 0.15) is 6.54 Å². The Morgan fingerprint density at radius 1 is 1.15 bits per heavy atom. The number of hydrogen-bond donors (Lipinski definition) is 1. The number of pyridine rings is 1. The quantitative estimate of drug-likeness (QED) is 0.875. The summed E-state index contributed by atoms with van der Waals surface area (Å²) in [5.41, 5.74) is 1.77. The molecule has 4 rings (SSSR count). The lowest BCUT2D eigenvalue weighted by atomic mass is 10.2. The van der Waals surface area contributed by atoms with Crippen LogP contribution in [0, 0.1) is 0 Å². The second-order valence-electron chi connectivity index (χ2n) is 6.29. The number of fused-ring (bicyclic) bond motifs is 1. The van der Waals surface area contributed by atoms with Gasteiger partial charge in [-0.3, -0.25) is 14.5 Å². The van der Waals surface area contributed by atoms with Gasteiger partial charge in [-0.05, 0) is 36.4 Å². The number of morpholine rings is 1. The van der Waals surface area contributed by atoms with E-state index in [1.807, 2.05) is 24.3 Å². The summed E-state index contributed by atoms with van der Waals surface area (Å²) in [4.78, 5) is 32.3. The molecule has 0 bridgehead atoms. The summed E-state index contributed by atoms with van der Waals surface area (Å²) in [5, 5.41) is 2.83. The molecule has 0 saturated carbocycles. The van der Waals surface area contributed by atoms with E-state index in [0.29, 0.717) is 17.3 Å². The van der Waals surface area contributed by atoms with Gasteiger partial charge in [0.2, 0.25) is 5.91 Å². The van der Waals surface area contributed by atoms with E-state index in [9.17, 15) is 9.59 Å². The third-order valence-corrected chi connectivity index (χ3v) is 4.49. The van der Waals surface area contributed by atoms with Gasteiger partial charge in [0.15, 0.2) is 18.2 Å². The standard InChI is InChI=1S/C19H20N4O4/c24-17(12-23-18(25)13-27-16-2-1-7-20-19(16)23)21-14-3-5-15(6-4-14)22-8-10-26-11-9-22/h1-7H,8-13H2,(H,21,24). The maximum atomic E-state index is 12.4. The van der Waals surface area contributed by atoms with Gasteiger partial charge in [-0.2, -0.15) is 0 Å². The molecule has 2 aromatic rings. The Morgan fingerprint density at radius 3 is 2.70 bits per heavy atom. The molecule has 1 fully saturated rings. The highest BCUT2D eigenvalue weighted by Crippen LogP contribution is 2.28. The zero-order valence-electron chi connectivity index (χ0n) is 14.8. The van der Waals surface area contributed by atoms with Gasteiger partial charge in [0, 0.05) is 30.7 Å². The SMILES string of the molecule is O=C(CN1C(=O)COc2cccnc21)Nc1ccc(N2CCOCC2)cc1. The van der Waals surface area contributed by atoms with Crippen molar-refractivity contribution in [1.29, 1.82) is 0 Å². The number of benzene rings is 1. The van der Waals surface area contributed by atoms with Gasteiger partial charge in [-0.25, -0.2) is 4.98 Å². The fourth-order valence-corrected chi connectivity index (χ4v) is 3.12. The molecule has 27 heavy (non-hydrogen) atoms. The molecule has 2 aliphatic heterocycles. The fourth-order valence-electron chi connectivity index (χ4n) is 3.12. The Balaban J connectivity index is 1.40. The molecule has 0 unspecified atom stereocenters. The summed E-state index contributed by atoms with van der Waals surface area (Å²) in [6.07, 6.45) is 1.57. The summed E-state index contributed by atoms with van der Waals surface area (Å²) in [7, 11) is 0. The summed E-state index contributed by atoms with van der Waals surface area (Å²) in [5.74, 6) is 0.284. The maximum Gasteiger partial charge on any atom is 0.266 e. The Morgan fingerprint density at radius 2 is 1.93 bits per heavy atom. The number of carbonyl (C=O) groups excluding carboxylic acids is 2. The predicted octanol–water partition coefficient (Wildman–Crippen LogP) is 1.28. The molecule has 0 atom stereocenters. The third kappa shape index (κ3) is 3.85. The van der Waals surface area contributed by atoms with Crippen LogP contribution in [-0.4, -0.2) is 56.3 Å². The minimum atomic E-state index is -0.293. The first-order valence-corrected chi connectivity index (χ1v) is 8.81. The second kappa shape index (κ2) is 7.63. The van der Waals surface area contributed by atoms with Gasteiger partial charge in [-0.15, -0.1) is 0 Å². The molecule has 1 saturated heterocycles. The lowest BCUT2D eigenvalue weighted by molar-refractivity contribution is -0.123. The first-order chi connectivity index (χ1) is 13.2. The average Bonchev–Trinajstić information content (AvgIpc) is 2.71. The maximum absolute atomic E-state index is 12.4. The van der Waals surface area contributed by atoms with Crippen LogP contribution in [0.3, 0.4) is 0 Å². The fraction of sp³-hybridized carbons (Fsp3) is 0.316. The number of amides is 2. The van der Waals surface area contributed by atoms with Gasteiger partial charge < -0.3 is 19.7 Å². The van der Waals surface area contributed by atoms with Crippen molar-refractivity contribution < 1.29 is 19.1 Å². The highest BCUT2D eigenvalue weighted by molar-refractivity contribution is 6.04. The van der Waals surface area contributed by atoms with E-state index in [1.54, 1.807) is 18.3 Å². The first kappa shape index (κ1) is 17.3. The number of nitrogens with zero attached hydrogens (tertiary/aromatic N) is 3. The topological polar surface area (TPSA) is 84.0 Å². The highest BCUT2D eigenvalue weighted by atomic mass is 16.5. The van der Waals surface area contributed by atoms with E-state index in [1.165, 1.54) is 4.90 Å². The molecule has 1 N–H and O–H groups in total. The smallest absolute Gasteiger partial charge is 0.266 e. The van der Waals surface area contributed by atoms with Crippen molar-refractivity contribution in [2.75, 3.05) is 54.6 Å². The van der Waals surface area contributed by atoms with Crippen LogP contribution in [0.1, 0.15) is 0 Å². The Hall–Kier alpha value is -3.13. The van der Waals surface area contributed by atoms with Gasteiger partial charge in [0.05, 0.1) is 13.2 Å². The van der Waals surface area contributed by atoms with Crippen LogP contribution in [0.4, 0.5) is 17.2 Å². The number of nitrogens with one attached hydrogen (secondary N) is 1. The number of carbonyl (C=O) groups is 2. The third-order valence-electron chi connectivity index (χ3n) is 4.49. The molecule has 1 aromatic carbocycles. The Bertz CT molecular complexity index is 834. The van der Waals surface area contributed by atoms with Crippen LogP contribution in [0.2, 0.25) is 0 Å². The molecular weight excluding hydrogens is 348 g/mol. The molecule has 2 aliphatic rings. The molecule has 0 aliphatic carbocycles. The monoisotopic (exact) mass is 368 g/mol. The summed E-state index contributed by atoms with van der Waals surface area (Å²) < 4.78 is 10.7. The van der Waals surface area contributed by atoms with Crippen molar-refractivity contribution in [2.24, 2.45) is 0 Å². The summed E-state index contributed by atoms with van der Waals surface area (Å²) in [6.45, 7) is 2.95. The predicted molar refractivity (Wildman–Crippen MR) is 100 cm³/mol. The molecule has 1 aromatic heterocycles. The van der Waals surface area contributed by atoms with Crippen molar-refractivity contribution in [3.05, 3.63) is 42.6 Å². The largest absolute Gasteiger partial charge is 0.480 e. The molecule has 0 radical (unpaired) electrons. The minimum Gasteiger partial charge on any atom is -0.480 e. The summed E-state index contributed by atoms with van der Waals surface area (Å²) >= 11 is 0. The number of rotatable bonds is 4. The lowest BCUT2D eigenvalue weighted by Gasteiger charge is -2.29. The van der Waals surface area contributed by atoms with Crippen LogP contribution >= 0.6 is 0 Å². The molecule has 8 heteroatoms. The second-order valence-corrected chi connectivity index (χ2v) is 6.29. The van der Waals surface area contributed by atoms with Crippen molar-refractivity contribution in [1.82, 2.24) is 4.98 Å². The van der Waals surface area contributed by atoms with Crippen molar-refractivity contribution >= 4 is 29.0 Å². The number of anilines is 3. The highest BCUT2D eigenvalue weighted by Gasteiger charge is 2.28. The zero-order valence-corrected chi connectivity index (χ0v) is 14.8. The van der Waals surface area contributed by atoms with Crippen LogP contribution < -0.4 is 19.9 Å². The Labute approximate surface area is 156 Å². The number of ether oxygens (including phenoxy) is 2. The first-order valence-electron chi connectivity index (χ1n) is 8.81. The minimum absolute atomic E-state index is 0.0970. The molecular formula is C19H20N4O4. The van der Waals surface area contributed by atoms with Crippen molar-refractivity contribution in [3.63, 3.8) is 0 Å². The van der Waals surface area contributed by atoms with E-state index in [4.69, 9.17) is 9.47 Å². The Kier molecular flexibility index (Phi) is 4.88. The van der Waals surface area contributed by atoms with Crippen molar-refractivity contribution in [3.8, 4) is 5.75 Å². The van der Waals surface area contributed by atoms with Crippen LogP contribution in [0.5, 0.6) is 5.75 Å². The lowest BCUT2D eigenvalue weighted by Crippen LogP contribution is -2.43. The average molecular weight is 368 g/mol. The van der Waals surface area contributed by atoms with E-state index < -0.39 is 0 Å². The molecule has 2 amide bonds.